The van der Waals surface area contributed by atoms with E-state index < -0.39 is 0 Å². The summed E-state index contributed by atoms with van der Waals surface area (Å²) in [6, 6.07) is 0. The molecule has 11 heavy (non-hydrogen) atoms. The summed E-state index contributed by atoms with van der Waals surface area (Å²) in [5.41, 5.74) is 0. The van der Waals surface area contributed by atoms with Gasteiger partial charge in [-0.15, -0.1) is 0 Å². The van der Waals surface area contributed by atoms with Crippen LogP contribution in [-0.2, 0) is 0 Å². The fourth-order valence-electron chi connectivity index (χ4n) is 1.07. The molecule has 2 nitrogen and oxygen atoms in total. The van der Waals surface area contributed by atoms with Crippen molar-refractivity contribution in [2.75, 3.05) is 6.54 Å². The predicted molar refractivity (Wildman–Crippen MR) is 49.4 cm³/mol. The molecule has 0 fully saturated rings. The summed E-state index contributed by atoms with van der Waals surface area (Å²) >= 11 is 0. The second-order valence-electron chi connectivity index (χ2n) is 3.30. The maximum Gasteiger partial charge on any atom is 0.122 e. The smallest absolute Gasteiger partial charge is 0.122 e. The highest BCUT2D eigenvalue weighted by Crippen LogP contribution is 2.12. The van der Waals surface area contributed by atoms with Crippen LogP contribution >= 0.6 is 0 Å². The summed E-state index contributed by atoms with van der Waals surface area (Å²) in [5.74, 6) is 2.23. The van der Waals surface area contributed by atoms with E-state index in [2.05, 4.69) is 37.0 Å². The summed E-state index contributed by atoms with van der Waals surface area (Å²) in [6.45, 7) is 7.45. The molecule has 0 aliphatic carbocycles. The van der Waals surface area contributed by atoms with Gasteiger partial charge in [-0.05, 0) is 5.92 Å². The lowest BCUT2D eigenvalue weighted by molar-refractivity contribution is 0.507. The Kier molecular flexibility index (Phi) is 2.80. The van der Waals surface area contributed by atoms with Crippen molar-refractivity contribution in [1.82, 2.24) is 0 Å². The Balaban J connectivity index is 2.50. The van der Waals surface area contributed by atoms with Crippen LogP contribution in [-0.4, -0.2) is 18.6 Å². The molecule has 0 N–H and O–H groups in total. The standard InChI is InChI=1S/C9H16N2/c1-4-9-10-5-8(6-11-9)7(2)3/h5,7-8H,4,6H2,1-3H3. The molecule has 1 aliphatic heterocycles. The van der Waals surface area contributed by atoms with Crippen LogP contribution in [0, 0.1) is 11.8 Å². The minimum absolute atomic E-state index is 0.560. The van der Waals surface area contributed by atoms with Crippen LogP contribution < -0.4 is 0 Å². The highest BCUT2D eigenvalue weighted by atomic mass is 14.9. The first-order chi connectivity index (χ1) is 5.24. The molecule has 62 valence electrons. The average molecular weight is 152 g/mol. The molecule has 0 aromatic heterocycles. The molecular formula is C9H16N2. The zero-order chi connectivity index (χ0) is 8.27. The molecule has 0 aromatic rings. The Bertz CT molecular complexity index is 180. The van der Waals surface area contributed by atoms with Crippen LogP contribution in [0.2, 0.25) is 0 Å². The second-order valence-corrected chi connectivity index (χ2v) is 3.30. The number of nitrogens with zero attached hydrogens (tertiary/aromatic N) is 2. The van der Waals surface area contributed by atoms with Crippen LogP contribution in [0.15, 0.2) is 9.98 Å². The first-order valence-corrected chi connectivity index (χ1v) is 4.31. The van der Waals surface area contributed by atoms with Gasteiger partial charge >= 0.3 is 0 Å². The topological polar surface area (TPSA) is 24.7 Å². The summed E-state index contributed by atoms with van der Waals surface area (Å²) in [4.78, 5) is 8.64. The second kappa shape index (κ2) is 3.65. The Labute approximate surface area is 68.4 Å². The van der Waals surface area contributed by atoms with Gasteiger partial charge in [-0.1, -0.05) is 20.8 Å². The Morgan fingerprint density at radius 2 is 2.36 bits per heavy atom. The van der Waals surface area contributed by atoms with Crippen LogP contribution in [0.3, 0.4) is 0 Å². The zero-order valence-electron chi connectivity index (χ0n) is 7.54. The molecule has 0 bridgehead atoms. The van der Waals surface area contributed by atoms with Crippen LogP contribution in [0.5, 0.6) is 0 Å². The highest BCUT2D eigenvalue weighted by molar-refractivity contribution is 5.91. The van der Waals surface area contributed by atoms with Gasteiger partial charge in [0.1, 0.15) is 5.84 Å². The number of aliphatic imine (C=N–C) groups is 2. The first-order valence-electron chi connectivity index (χ1n) is 4.31. The van der Waals surface area contributed by atoms with Gasteiger partial charge in [-0.3, -0.25) is 4.99 Å². The normalized spacial score (nSPS) is 24.0. The molecule has 0 aromatic carbocycles. The van der Waals surface area contributed by atoms with E-state index >= 15 is 0 Å². The Hall–Kier alpha value is -0.660. The molecule has 0 saturated heterocycles. The Morgan fingerprint density at radius 1 is 1.64 bits per heavy atom. The van der Waals surface area contributed by atoms with Crippen molar-refractivity contribution in [3.8, 4) is 0 Å². The third-order valence-electron chi connectivity index (χ3n) is 2.07. The van der Waals surface area contributed by atoms with Crippen molar-refractivity contribution >= 4 is 12.1 Å². The third-order valence-corrected chi connectivity index (χ3v) is 2.07. The van der Waals surface area contributed by atoms with Crippen LogP contribution in [0.25, 0.3) is 0 Å². The van der Waals surface area contributed by atoms with Crippen molar-refractivity contribution in [2.45, 2.75) is 27.2 Å². The molecule has 0 radical (unpaired) electrons. The molecule has 1 aliphatic rings. The van der Waals surface area contributed by atoms with E-state index in [1.54, 1.807) is 0 Å². The summed E-state index contributed by atoms with van der Waals surface area (Å²) in [7, 11) is 0. The van der Waals surface area contributed by atoms with E-state index in [1.807, 2.05) is 0 Å². The average Bonchev–Trinajstić information content (AvgIpc) is 2.05. The van der Waals surface area contributed by atoms with E-state index in [9.17, 15) is 0 Å². The van der Waals surface area contributed by atoms with Gasteiger partial charge in [-0.25, -0.2) is 4.99 Å². The van der Waals surface area contributed by atoms with Crippen molar-refractivity contribution in [1.29, 1.82) is 0 Å². The van der Waals surface area contributed by atoms with Gasteiger partial charge in [0.25, 0.3) is 0 Å². The van der Waals surface area contributed by atoms with E-state index in [4.69, 9.17) is 0 Å². The first kappa shape index (κ1) is 8.44. The fourth-order valence-corrected chi connectivity index (χ4v) is 1.07. The SMILES string of the molecule is CCC1=NCC(C(C)C)C=N1. The lowest BCUT2D eigenvalue weighted by atomic mass is 9.97. The zero-order valence-corrected chi connectivity index (χ0v) is 7.54. The van der Waals surface area contributed by atoms with E-state index in [-0.39, 0.29) is 0 Å². The summed E-state index contributed by atoms with van der Waals surface area (Å²) < 4.78 is 0. The summed E-state index contributed by atoms with van der Waals surface area (Å²) in [6.07, 6.45) is 3.01. The lowest BCUT2D eigenvalue weighted by Gasteiger charge is -2.17. The molecule has 0 saturated carbocycles. The molecule has 1 unspecified atom stereocenters. The minimum atomic E-state index is 0.560. The van der Waals surface area contributed by atoms with Gasteiger partial charge in [0.15, 0.2) is 0 Å². The molecule has 0 spiro atoms. The number of hydrogen-bond donors (Lipinski definition) is 0. The van der Waals surface area contributed by atoms with E-state index in [0.717, 1.165) is 18.8 Å². The van der Waals surface area contributed by atoms with Crippen molar-refractivity contribution in [2.24, 2.45) is 21.8 Å². The number of rotatable bonds is 2. The van der Waals surface area contributed by atoms with Crippen LogP contribution in [0.1, 0.15) is 27.2 Å². The van der Waals surface area contributed by atoms with Crippen molar-refractivity contribution in [3.63, 3.8) is 0 Å². The van der Waals surface area contributed by atoms with E-state index in [0.29, 0.717) is 11.8 Å². The van der Waals surface area contributed by atoms with Crippen molar-refractivity contribution in [3.05, 3.63) is 0 Å². The fraction of sp³-hybridized carbons (Fsp3) is 0.778. The minimum Gasteiger partial charge on any atom is -0.270 e. The highest BCUT2D eigenvalue weighted by Gasteiger charge is 2.13. The molecule has 0 amide bonds. The van der Waals surface area contributed by atoms with Gasteiger partial charge in [-0.2, -0.15) is 0 Å². The molecule has 1 heterocycles. The predicted octanol–water partition coefficient (Wildman–Crippen LogP) is 2.15. The molecule has 1 atom stereocenters. The number of hydrogen-bond acceptors (Lipinski definition) is 2. The largest absolute Gasteiger partial charge is 0.270 e. The quantitative estimate of drug-likeness (QED) is 0.579. The maximum absolute atomic E-state index is 4.37. The van der Waals surface area contributed by atoms with Gasteiger partial charge in [0, 0.05) is 25.1 Å². The third kappa shape index (κ3) is 2.14. The lowest BCUT2D eigenvalue weighted by Crippen LogP contribution is -2.19. The van der Waals surface area contributed by atoms with Gasteiger partial charge in [0.05, 0.1) is 0 Å². The van der Waals surface area contributed by atoms with Crippen LogP contribution in [0.4, 0.5) is 0 Å². The summed E-state index contributed by atoms with van der Waals surface area (Å²) in [5, 5.41) is 0. The number of amidine groups is 1. The maximum atomic E-state index is 4.37. The van der Waals surface area contributed by atoms with E-state index in [1.165, 1.54) is 0 Å². The molecule has 1 rings (SSSR count). The van der Waals surface area contributed by atoms with Gasteiger partial charge in [0.2, 0.25) is 0 Å². The van der Waals surface area contributed by atoms with Gasteiger partial charge < -0.3 is 0 Å². The van der Waals surface area contributed by atoms with Crippen molar-refractivity contribution < 1.29 is 0 Å². The molecular weight excluding hydrogens is 136 g/mol. The molecule has 2 heteroatoms. The Morgan fingerprint density at radius 3 is 2.73 bits per heavy atom. The monoisotopic (exact) mass is 152 g/mol.